The monoisotopic (exact) mass is 540 g/mol. The molecule has 35 heavy (non-hydrogen) atoms. The molecule has 2 amide bonds. The molecule has 0 bridgehead atoms. The maximum atomic E-state index is 14.1. The molecule has 0 aliphatic rings. The number of unbranched alkanes of at least 4 members (excludes halogenated alkanes) is 1. The lowest BCUT2D eigenvalue weighted by atomic mass is 10.0. The molecule has 5 nitrogen and oxygen atoms in total. The summed E-state index contributed by atoms with van der Waals surface area (Å²) in [6, 6.07) is 22.4. The second kappa shape index (κ2) is 13.6. The summed E-state index contributed by atoms with van der Waals surface area (Å²) >= 11 is 3.43. The average Bonchev–Trinajstić information content (AvgIpc) is 2.87. The van der Waals surface area contributed by atoms with Gasteiger partial charge in [0.2, 0.25) is 5.91 Å². The number of halogens is 2. The van der Waals surface area contributed by atoms with Gasteiger partial charge in [-0.15, -0.1) is 0 Å². The second-order valence-corrected chi connectivity index (χ2v) is 9.13. The van der Waals surface area contributed by atoms with Crippen molar-refractivity contribution in [3.8, 4) is 5.75 Å². The van der Waals surface area contributed by atoms with E-state index in [9.17, 15) is 14.0 Å². The number of nitrogens with one attached hydrogen (secondary N) is 1. The number of ether oxygens (including phenoxy) is 1. The van der Waals surface area contributed by atoms with E-state index in [0.29, 0.717) is 13.0 Å². The number of benzene rings is 3. The van der Waals surface area contributed by atoms with Crippen molar-refractivity contribution in [2.24, 2.45) is 0 Å². The van der Waals surface area contributed by atoms with Crippen LogP contribution in [-0.2, 0) is 22.6 Å². The number of rotatable bonds is 12. The number of nitrogens with zero attached hydrogens (tertiary/aromatic N) is 1. The van der Waals surface area contributed by atoms with E-state index in [1.807, 2.05) is 54.6 Å². The molecule has 0 aliphatic heterocycles. The van der Waals surface area contributed by atoms with Crippen molar-refractivity contribution in [3.05, 3.63) is 100 Å². The highest BCUT2D eigenvalue weighted by atomic mass is 79.9. The maximum Gasteiger partial charge on any atom is 0.261 e. The molecule has 0 saturated carbocycles. The Labute approximate surface area is 214 Å². The van der Waals surface area contributed by atoms with Crippen molar-refractivity contribution in [3.63, 3.8) is 0 Å². The molecule has 3 aromatic carbocycles. The van der Waals surface area contributed by atoms with Crippen molar-refractivity contribution >= 4 is 27.7 Å². The van der Waals surface area contributed by atoms with Gasteiger partial charge >= 0.3 is 0 Å². The summed E-state index contributed by atoms with van der Waals surface area (Å²) in [7, 11) is 0. The van der Waals surface area contributed by atoms with Gasteiger partial charge in [-0.25, -0.2) is 4.39 Å². The highest BCUT2D eigenvalue weighted by Crippen LogP contribution is 2.19. The van der Waals surface area contributed by atoms with E-state index in [0.717, 1.165) is 28.4 Å². The van der Waals surface area contributed by atoms with E-state index in [2.05, 4.69) is 28.2 Å². The molecule has 0 radical (unpaired) electrons. The Hall–Kier alpha value is -3.19. The SMILES string of the molecule is CCCCNC(=O)[C@H](Cc1ccccc1)N(Cc1ccc(Br)cc1)C(=O)COc1ccccc1F. The van der Waals surface area contributed by atoms with Gasteiger partial charge in [0.1, 0.15) is 6.04 Å². The molecule has 1 atom stereocenters. The van der Waals surface area contributed by atoms with E-state index < -0.39 is 17.8 Å². The predicted octanol–water partition coefficient (Wildman–Crippen LogP) is 5.52. The number of hydrogen-bond acceptors (Lipinski definition) is 3. The quantitative estimate of drug-likeness (QED) is 0.307. The third-order valence-electron chi connectivity index (χ3n) is 5.55. The Bertz CT molecular complexity index is 1090. The van der Waals surface area contributed by atoms with Gasteiger partial charge in [0.15, 0.2) is 18.2 Å². The molecular weight excluding hydrogens is 511 g/mol. The van der Waals surface area contributed by atoms with Gasteiger partial charge in [-0.2, -0.15) is 0 Å². The third kappa shape index (κ3) is 8.21. The summed E-state index contributed by atoms with van der Waals surface area (Å²) in [5.41, 5.74) is 1.80. The zero-order valence-electron chi connectivity index (χ0n) is 19.8. The van der Waals surface area contributed by atoms with E-state index in [-0.39, 0.29) is 24.8 Å². The zero-order valence-corrected chi connectivity index (χ0v) is 21.3. The van der Waals surface area contributed by atoms with E-state index in [1.165, 1.54) is 17.0 Å². The first kappa shape index (κ1) is 26.4. The van der Waals surface area contributed by atoms with Crippen LogP contribution in [-0.4, -0.2) is 35.9 Å². The molecule has 0 aliphatic carbocycles. The Morgan fingerprint density at radius 1 is 0.971 bits per heavy atom. The fourth-order valence-electron chi connectivity index (χ4n) is 3.63. The lowest BCUT2D eigenvalue weighted by molar-refractivity contribution is -0.142. The van der Waals surface area contributed by atoms with Crippen LogP contribution in [0.1, 0.15) is 30.9 Å². The van der Waals surface area contributed by atoms with Crippen LogP contribution in [0.15, 0.2) is 83.3 Å². The highest BCUT2D eigenvalue weighted by molar-refractivity contribution is 9.10. The minimum Gasteiger partial charge on any atom is -0.481 e. The smallest absolute Gasteiger partial charge is 0.261 e. The van der Waals surface area contributed by atoms with Gasteiger partial charge in [-0.1, -0.05) is 83.9 Å². The third-order valence-corrected chi connectivity index (χ3v) is 6.08. The van der Waals surface area contributed by atoms with Crippen molar-refractivity contribution in [2.45, 2.75) is 38.8 Å². The van der Waals surface area contributed by atoms with Crippen molar-refractivity contribution in [1.29, 1.82) is 0 Å². The molecule has 3 aromatic rings. The molecule has 3 rings (SSSR count). The predicted molar refractivity (Wildman–Crippen MR) is 138 cm³/mol. The molecule has 184 valence electrons. The lowest BCUT2D eigenvalue weighted by Gasteiger charge is -2.31. The Balaban J connectivity index is 1.88. The second-order valence-electron chi connectivity index (χ2n) is 8.22. The van der Waals surface area contributed by atoms with Gasteiger partial charge in [-0.05, 0) is 41.8 Å². The number of hydrogen-bond donors (Lipinski definition) is 1. The summed E-state index contributed by atoms with van der Waals surface area (Å²) in [5, 5.41) is 2.98. The summed E-state index contributed by atoms with van der Waals surface area (Å²) in [6.07, 6.45) is 2.14. The normalized spacial score (nSPS) is 11.5. The van der Waals surface area contributed by atoms with Crippen LogP contribution < -0.4 is 10.1 Å². The van der Waals surface area contributed by atoms with Gasteiger partial charge in [-0.3, -0.25) is 9.59 Å². The molecule has 0 aromatic heterocycles. The molecule has 0 unspecified atom stereocenters. The zero-order chi connectivity index (χ0) is 25.0. The number of amides is 2. The van der Waals surface area contributed by atoms with Crippen LogP contribution in [0, 0.1) is 5.82 Å². The van der Waals surface area contributed by atoms with Crippen LogP contribution in [0.5, 0.6) is 5.75 Å². The van der Waals surface area contributed by atoms with Crippen LogP contribution in [0.3, 0.4) is 0 Å². The Morgan fingerprint density at radius 3 is 2.34 bits per heavy atom. The first-order chi connectivity index (χ1) is 17.0. The minimum absolute atomic E-state index is 0.00329. The van der Waals surface area contributed by atoms with Crippen LogP contribution in [0.2, 0.25) is 0 Å². The van der Waals surface area contributed by atoms with Gasteiger partial charge in [0.25, 0.3) is 5.91 Å². The molecule has 0 saturated heterocycles. The fraction of sp³-hybridized carbons (Fsp3) is 0.286. The van der Waals surface area contributed by atoms with Gasteiger partial charge < -0.3 is 15.0 Å². The summed E-state index contributed by atoms with van der Waals surface area (Å²) in [4.78, 5) is 28.3. The van der Waals surface area contributed by atoms with Crippen molar-refractivity contribution < 1.29 is 18.7 Å². The van der Waals surface area contributed by atoms with Crippen molar-refractivity contribution in [2.75, 3.05) is 13.2 Å². The maximum absolute atomic E-state index is 14.1. The van der Waals surface area contributed by atoms with Gasteiger partial charge in [0.05, 0.1) is 0 Å². The van der Waals surface area contributed by atoms with Crippen LogP contribution >= 0.6 is 15.9 Å². The van der Waals surface area contributed by atoms with E-state index in [4.69, 9.17) is 4.74 Å². The first-order valence-electron chi connectivity index (χ1n) is 11.7. The standard InChI is InChI=1S/C28H30BrFN2O3/c1-2-3-17-31-28(34)25(18-21-9-5-4-6-10-21)32(19-22-13-15-23(29)16-14-22)27(33)20-35-26-12-8-7-11-24(26)30/h4-16,25H,2-3,17-20H2,1H3,(H,31,34)/t25-/m0/s1. The molecule has 7 heteroatoms. The molecule has 0 spiro atoms. The van der Waals surface area contributed by atoms with Crippen LogP contribution in [0.4, 0.5) is 4.39 Å². The largest absolute Gasteiger partial charge is 0.481 e. The Kier molecular flexibility index (Phi) is 10.3. The Morgan fingerprint density at radius 2 is 1.66 bits per heavy atom. The van der Waals surface area contributed by atoms with Crippen LogP contribution in [0.25, 0.3) is 0 Å². The lowest BCUT2D eigenvalue weighted by Crippen LogP contribution is -2.51. The van der Waals surface area contributed by atoms with E-state index in [1.54, 1.807) is 12.1 Å². The molecule has 0 heterocycles. The topological polar surface area (TPSA) is 58.6 Å². The summed E-state index contributed by atoms with van der Waals surface area (Å²) in [6.45, 7) is 2.42. The van der Waals surface area contributed by atoms with Gasteiger partial charge in [0, 0.05) is 24.0 Å². The number of para-hydroxylation sites is 1. The highest BCUT2D eigenvalue weighted by Gasteiger charge is 2.30. The summed E-state index contributed by atoms with van der Waals surface area (Å²) < 4.78 is 20.5. The van der Waals surface area contributed by atoms with E-state index >= 15 is 0 Å². The average molecular weight is 541 g/mol. The molecule has 0 fully saturated rings. The summed E-state index contributed by atoms with van der Waals surface area (Å²) in [5.74, 6) is -1.17. The fourth-order valence-corrected chi connectivity index (χ4v) is 3.90. The number of carbonyl (C=O) groups excluding carboxylic acids is 2. The van der Waals surface area contributed by atoms with Crippen molar-refractivity contribution in [1.82, 2.24) is 10.2 Å². The minimum atomic E-state index is -0.755. The number of carbonyl (C=O) groups is 2. The first-order valence-corrected chi connectivity index (χ1v) is 12.5. The molecule has 1 N–H and O–H groups in total. The molecular formula is C28H30BrFN2O3.